The maximum absolute atomic E-state index is 15.2. The lowest BCUT2D eigenvalue weighted by Gasteiger charge is -2.31. The van der Waals surface area contributed by atoms with Gasteiger partial charge in [0.15, 0.2) is 17.1 Å². The van der Waals surface area contributed by atoms with Crippen LogP contribution in [0.3, 0.4) is 0 Å². The molecule has 2 aromatic carbocycles. The molecular weight excluding hydrogens is 577 g/mol. The van der Waals surface area contributed by atoms with E-state index in [1.54, 1.807) is 23.6 Å². The number of benzene rings is 2. The van der Waals surface area contributed by atoms with Gasteiger partial charge in [-0.25, -0.2) is 14.2 Å². The Hall–Kier alpha value is -4.44. The highest BCUT2D eigenvalue weighted by Crippen LogP contribution is 2.43. The number of carbonyl (C=O) groups is 1. The number of halogens is 1. The fraction of sp³-hybridized carbons (Fsp3) is 0.400. The van der Waals surface area contributed by atoms with Crippen LogP contribution in [0.15, 0.2) is 41.2 Å². The van der Waals surface area contributed by atoms with E-state index in [1.807, 2.05) is 24.3 Å². The van der Waals surface area contributed by atoms with Crippen molar-refractivity contribution in [2.45, 2.75) is 83.1 Å². The number of pyridine rings is 2. The molecule has 45 heavy (non-hydrogen) atoms. The van der Waals surface area contributed by atoms with E-state index in [0.29, 0.717) is 53.0 Å². The van der Waals surface area contributed by atoms with Crippen molar-refractivity contribution in [3.63, 3.8) is 0 Å². The van der Waals surface area contributed by atoms with Crippen molar-refractivity contribution in [1.29, 1.82) is 0 Å². The van der Waals surface area contributed by atoms with Crippen LogP contribution in [0, 0.1) is 5.82 Å². The molecule has 1 saturated carbocycles. The molecule has 0 unspecified atom stereocenters. The van der Waals surface area contributed by atoms with Gasteiger partial charge in [0.05, 0.1) is 34.7 Å². The molecule has 8 rings (SSSR count). The average molecular weight is 612 g/mol. The number of rotatable bonds is 6. The van der Waals surface area contributed by atoms with E-state index >= 15 is 4.39 Å². The lowest BCUT2D eigenvalue weighted by molar-refractivity contribution is -0.172. The van der Waals surface area contributed by atoms with Gasteiger partial charge in [-0.05, 0) is 67.5 Å². The first-order valence-electron chi connectivity index (χ1n) is 15.8. The van der Waals surface area contributed by atoms with Crippen LogP contribution in [-0.4, -0.2) is 33.5 Å². The van der Waals surface area contributed by atoms with Gasteiger partial charge in [0.1, 0.15) is 12.4 Å². The molecular formula is C35H34FN3O6. The summed E-state index contributed by atoms with van der Waals surface area (Å²) in [5.74, 6) is 0.206. The molecule has 1 atom stereocenters. The third-order valence-electron chi connectivity index (χ3n) is 9.96. The summed E-state index contributed by atoms with van der Waals surface area (Å²) in [6.45, 7) is 1.90. The number of esters is 1. The number of aromatic nitrogens is 2. The number of ether oxygens (including phenoxy) is 3. The molecule has 0 radical (unpaired) electrons. The highest BCUT2D eigenvalue weighted by molar-refractivity contribution is 5.91. The van der Waals surface area contributed by atoms with Crippen LogP contribution < -0.4 is 20.3 Å². The molecule has 1 aliphatic carbocycles. The topological polar surface area (TPSA) is 112 Å². The third-order valence-corrected chi connectivity index (χ3v) is 9.96. The predicted molar refractivity (Wildman–Crippen MR) is 165 cm³/mol. The summed E-state index contributed by atoms with van der Waals surface area (Å²) >= 11 is 0. The molecule has 1 fully saturated rings. The van der Waals surface area contributed by atoms with Crippen molar-refractivity contribution >= 4 is 22.6 Å². The van der Waals surface area contributed by atoms with E-state index in [1.165, 1.54) is 19.3 Å². The van der Waals surface area contributed by atoms with E-state index in [9.17, 15) is 14.7 Å². The first-order chi connectivity index (χ1) is 21.8. The molecule has 0 amide bonds. The Labute approximate surface area is 259 Å². The molecule has 4 aromatic rings. The van der Waals surface area contributed by atoms with E-state index < -0.39 is 11.6 Å². The van der Waals surface area contributed by atoms with Crippen LogP contribution in [0.2, 0.25) is 0 Å². The van der Waals surface area contributed by atoms with Crippen LogP contribution in [-0.2, 0) is 41.1 Å². The second kappa shape index (κ2) is 10.6. The second-order valence-electron chi connectivity index (χ2n) is 12.5. The number of fused-ring (bicyclic) bond motifs is 6. The van der Waals surface area contributed by atoms with Gasteiger partial charge in [-0.15, -0.1) is 0 Å². The van der Waals surface area contributed by atoms with E-state index in [0.717, 1.165) is 34.9 Å². The van der Waals surface area contributed by atoms with Crippen molar-refractivity contribution < 1.29 is 28.5 Å². The number of cyclic esters (lactones) is 1. The Bertz CT molecular complexity index is 1950. The zero-order valence-corrected chi connectivity index (χ0v) is 25.1. The normalized spacial score (nSPS) is 20.1. The second-order valence-corrected chi connectivity index (χ2v) is 12.5. The van der Waals surface area contributed by atoms with Crippen molar-refractivity contribution in [3.05, 3.63) is 80.4 Å². The van der Waals surface area contributed by atoms with Crippen LogP contribution in [0.25, 0.3) is 22.3 Å². The van der Waals surface area contributed by atoms with Crippen molar-refractivity contribution in [2.24, 2.45) is 0 Å². The molecule has 3 aliphatic heterocycles. The van der Waals surface area contributed by atoms with Gasteiger partial charge in [-0.1, -0.05) is 32.3 Å². The summed E-state index contributed by atoms with van der Waals surface area (Å²) in [6, 6.07) is 11.2. The number of aryl methyl sites for hydroxylation is 2. The average Bonchev–Trinajstić information content (AvgIpc) is 3.66. The number of hydrogen-bond donors (Lipinski definition) is 2. The Morgan fingerprint density at radius 2 is 1.82 bits per heavy atom. The van der Waals surface area contributed by atoms with Gasteiger partial charge >= 0.3 is 5.97 Å². The fourth-order valence-electron chi connectivity index (χ4n) is 7.40. The summed E-state index contributed by atoms with van der Waals surface area (Å²) in [5, 5.41) is 15.5. The van der Waals surface area contributed by atoms with Crippen molar-refractivity contribution in [2.75, 3.05) is 12.1 Å². The monoisotopic (exact) mass is 611 g/mol. The molecule has 2 N–H and O–H groups in total. The molecule has 2 aromatic heterocycles. The summed E-state index contributed by atoms with van der Waals surface area (Å²) in [5.41, 5.74) is 3.45. The maximum atomic E-state index is 15.2. The molecule has 0 saturated heterocycles. The lowest BCUT2D eigenvalue weighted by Crippen LogP contribution is -2.44. The van der Waals surface area contributed by atoms with Gasteiger partial charge in [-0.2, -0.15) is 0 Å². The Morgan fingerprint density at radius 3 is 2.60 bits per heavy atom. The maximum Gasteiger partial charge on any atom is 0.343 e. The first kappa shape index (κ1) is 28.1. The molecule has 4 aliphatic rings. The van der Waals surface area contributed by atoms with E-state index in [2.05, 4.69) is 5.32 Å². The molecule has 0 spiro atoms. The highest BCUT2D eigenvalue weighted by Gasteiger charge is 2.45. The van der Waals surface area contributed by atoms with Crippen LogP contribution >= 0.6 is 0 Å². The SMILES string of the molecule is CC[C@@]1(O)C(=O)OCc2c1cc1n(c2=O)Cc2c-1nc1cc3c(cc1c2CCc1ccc(NC2CCCCC2)c(F)c1)OCO3. The summed E-state index contributed by atoms with van der Waals surface area (Å²) in [6.07, 6.45) is 6.92. The minimum absolute atomic E-state index is 0.0694. The summed E-state index contributed by atoms with van der Waals surface area (Å²) < 4.78 is 33.4. The number of nitrogens with one attached hydrogen (secondary N) is 1. The number of hydrogen-bond acceptors (Lipinski definition) is 8. The number of carbonyl (C=O) groups excluding carboxylic acids is 1. The highest BCUT2D eigenvalue weighted by atomic mass is 19.1. The largest absolute Gasteiger partial charge is 0.458 e. The molecule has 5 heterocycles. The first-order valence-corrected chi connectivity index (χ1v) is 15.8. The van der Waals surface area contributed by atoms with Gasteiger partial charge in [0, 0.05) is 28.6 Å². The van der Waals surface area contributed by atoms with Crippen LogP contribution in [0.4, 0.5) is 10.1 Å². The summed E-state index contributed by atoms with van der Waals surface area (Å²) in [4.78, 5) is 31.4. The van der Waals surface area contributed by atoms with Crippen molar-refractivity contribution in [3.8, 4) is 22.9 Å². The molecule has 10 heteroatoms. The number of anilines is 1. The zero-order chi connectivity index (χ0) is 30.9. The predicted octanol–water partition coefficient (Wildman–Crippen LogP) is 5.48. The smallest absolute Gasteiger partial charge is 0.343 e. The summed E-state index contributed by atoms with van der Waals surface area (Å²) in [7, 11) is 0. The van der Waals surface area contributed by atoms with Gasteiger partial charge in [0.2, 0.25) is 6.79 Å². The third kappa shape index (κ3) is 4.48. The van der Waals surface area contributed by atoms with Crippen LogP contribution in [0.1, 0.15) is 73.3 Å². The van der Waals surface area contributed by atoms with Gasteiger partial charge < -0.3 is 29.2 Å². The number of aliphatic hydroxyl groups is 1. The fourth-order valence-corrected chi connectivity index (χ4v) is 7.40. The van der Waals surface area contributed by atoms with E-state index in [4.69, 9.17) is 19.2 Å². The van der Waals surface area contributed by atoms with Gasteiger partial charge in [0.25, 0.3) is 5.56 Å². The van der Waals surface area contributed by atoms with E-state index in [-0.39, 0.29) is 48.9 Å². The molecule has 232 valence electrons. The minimum atomic E-state index is -1.90. The standard InChI is InChI=1S/C35H34FN3O6/c1-2-35(42)25-14-29-32-23(16-39(29)33(40)24(25)17-43-34(35)41)21(22-13-30-31(45-18-44-30)15-28(22)38-32)10-8-19-9-11-27(26(36)12-19)37-20-6-4-3-5-7-20/h9,11-15,20,37,42H,2-8,10,16-18H2,1H3/t35-/m0/s1. The Kier molecular flexibility index (Phi) is 6.60. The molecule has 0 bridgehead atoms. The molecule has 9 nitrogen and oxygen atoms in total. The quantitative estimate of drug-likeness (QED) is 0.243. The van der Waals surface area contributed by atoms with Crippen molar-refractivity contribution in [1.82, 2.24) is 9.55 Å². The Morgan fingerprint density at radius 1 is 1.02 bits per heavy atom. The van der Waals surface area contributed by atoms with Gasteiger partial charge in [-0.3, -0.25) is 4.79 Å². The Balaban J connectivity index is 1.19. The minimum Gasteiger partial charge on any atom is -0.458 e. The lowest BCUT2D eigenvalue weighted by atomic mass is 9.86. The zero-order valence-electron chi connectivity index (χ0n) is 25.1. The van der Waals surface area contributed by atoms with Crippen LogP contribution in [0.5, 0.6) is 11.5 Å². The number of nitrogens with zero attached hydrogens (tertiary/aromatic N) is 2.